The van der Waals surface area contributed by atoms with Crippen molar-refractivity contribution in [2.75, 3.05) is 37.3 Å². The molecule has 5 rings (SSSR count). The van der Waals surface area contributed by atoms with Gasteiger partial charge in [-0.3, -0.25) is 0 Å². The molecule has 2 aromatic heterocycles. The number of sulfonamides is 1. The van der Waals surface area contributed by atoms with Gasteiger partial charge in [0.05, 0.1) is 11.6 Å². The monoisotopic (exact) mass is 434 g/mol. The van der Waals surface area contributed by atoms with Gasteiger partial charge in [-0.15, -0.1) is 11.3 Å². The number of anilines is 1. The van der Waals surface area contributed by atoms with Gasteiger partial charge < -0.3 is 4.90 Å². The van der Waals surface area contributed by atoms with Gasteiger partial charge in [-0.2, -0.15) is 4.31 Å². The fourth-order valence-corrected chi connectivity index (χ4v) is 7.25. The molecule has 0 bridgehead atoms. The van der Waals surface area contributed by atoms with Gasteiger partial charge in [0.15, 0.2) is 0 Å². The molecule has 29 heavy (non-hydrogen) atoms. The molecule has 0 aromatic carbocycles. The summed E-state index contributed by atoms with van der Waals surface area (Å²) in [7, 11) is -3.13. The summed E-state index contributed by atoms with van der Waals surface area (Å²) in [4.78, 5) is 15.2. The van der Waals surface area contributed by atoms with E-state index >= 15 is 0 Å². The Balaban J connectivity index is 1.55. The van der Waals surface area contributed by atoms with Gasteiger partial charge in [0, 0.05) is 37.0 Å². The van der Waals surface area contributed by atoms with E-state index in [1.165, 1.54) is 67.0 Å². The van der Waals surface area contributed by atoms with Crippen LogP contribution < -0.4 is 4.90 Å². The average molecular weight is 435 g/mol. The van der Waals surface area contributed by atoms with Crippen LogP contribution in [-0.4, -0.2) is 55.1 Å². The van der Waals surface area contributed by atoms with E-state index in [1.807, 2.05) is 11.3 Å². The van der Waals surface area contributed by atoms with E-state index in [2.05, 4.69) is 4.90 Å². The van der Waals surface area contributed by atoms with Crippen molar-refractivity contribution in [3.63, 3.8) is 0 Å². The first kappa shape index (κ1) is 19.7. The standard InChI is InChI=1S/C21H30N4O2S2/c1-29(26,27)25-13-11-24(12-14-25)20-18-16-9-5-6-10-17(16)28-21(18)23-19(22-20)15-7-3-2-4-8-15/h15H,2-14H2,1H3. The minimum absolute atomic E-state index is 0.475. The maximum atomic E-state index is 11.9. The number of thiophene rings is 1. The highest BCUT2D eigenvalue weighted by Gasteiger charge is 2.30. The molecule has 2 aromatic rings. The normalized spacial score (nSPS) is 22.2. The van der Waals surface area contributed by atoms with Gasteiger partial charge in [-0.25, -0.2) is 18.4 Å². The van der Waals surface area contributed by atoms with Gasteiger partial charge >= 0.3 is 0 Å². The van der Waals surface area contributed by atoms with Crippen molar-refractivity contribution in [1.82, 2.24) is 14.3 Å². The van der Waals surface area contributed by atoms with E-state index in [4.69, 9.17) is 9.97 Å². The minimum atomic E-state index is -3.13. The van der Waals surface area contributed by atoms with Gasteiger partial charge in [-0.1, -0.05) is 19.3 Å². The lowest BCUT2D eigenvalue weighted by molar-refractivity contribution is 0.386. The summed E-state index contributed by atoms with van der Waals surface area (Å²) in [5, 5.41) is 1.26. The van der Waals surface area contributed by atoms with Crippen molar-refractivity contribution in [3.8, 4) is 0 Å². The predicted octanol–water partition coefficient (Wildman–Crippen LogP) is 3.70. The number of hydrogen-bond acceptors (Lipinski definition) is 6. The van der Waals surface area contributed by atoms with Gasteiger partial charge in [0.2, 0.25) is 10.0 Å². The molecule has 6 nitrogen and oxygen atoms in total. The first-order valence-electron chi connectivity index (χ1n) is 11.0. The van der Waals surface area contributed by atoms with Crippen molar-refractivity contribution in [2.45, 2.75) is 63.7 Å². The molecule has 8 heteroatoms. The molecule has 0 spiro atoms. The van der Waals surface area contributed by atoms with E-state index in [1.54, 1.807) is 4.31 Å². The second kappa shape index (κ2) is 7.78. The SMILES string of the molecule is CS(=O)(=O)N1CCN(c2nc(C3CCCCC3)nc3sc4c(c23)CCCC4)CC1. The number of aromatic nitrogens is 2. The molecule has 0 radical (unpaired) electrons. The molecular weight excluding hydrogens is 404 g/mol. The summed E-state index contributed by atoms with van der Waals surface area (Å²) in [6.45, 7) is 2.48. The van der Waals surface area contributed by atoms with Crippen LogP contribution in [0, 0.1) is 0 Å². The maximum Gasteiger partial charge on any atom is 0.211 e. The summed E-state index contributed by atoms with van der Waals surface area (Å²) in [5.74, 6) is 2.57. The maximum absolute atomic E-state index is 11.9. The van der Waals surface area contributed by atoms with Crippen molar-refractivity contribution < 1.29 is 8.42 Å². The molecule has 158 valence electrons. The second-order valence-corrected chi connectivity index (χ2v) is 11.8. The Kier molecular flexibility index (Phi) is 5.28. The Bertz CT molecular complexity index is 1000. The van der Waals surface area contributed by atoms with E-state index in [-0.39, 0.29) is 0 Å². The Morgan fingerprint density at radius 3 is 2.38 bits per heavy atom. The molecule has 1 aliphatic heterocycles. The summed E-state index contributed by atoms with van der Waals surface area (Å²) < 4.78 is 25.5. The van der Waals surface area contributed by atoms with Crippen LogP contribution in [0.3, 0.4) is 0 Å². The molecule has 2 aliphatic carbocycles. The zero-order chi connectivity index (χ0) is 20.0. The van der Waals surface area contributed by atoms with Crippen LogP contribution in [0.2, 0.25) is 0 Å². The van der Waals surface area contributed by atoms with Crippen LogP contribution in [0.15, 0.2) is 0 Å². The van der Waals surface area contributed by atoms with Crippen LogP contribution in [-0.2, 0) is 22.9 Å². The summed E-state index contributed by atoms with van der Waals surface area (Å²) in [6.07, 6.45) is 12.4. The summed E-state index contributed by atoms with van der Waals surface area (Å²) in [5.41, 5.74) is 1.46. The van der Waals surface area contributed by atoms with Crippen LogP contribution >= 0.6 is 11.3 Å². The molecule has 1 saturated heterocycles. The number of aryl methyl sites for hydroxylation is 2. The van der Waals surface area contributed by atoms with Crippen LogP contribution in [0.4, 0.5) is 5.82 Å². The molecule has 0 atom stereocenters. The molecule has 3 aliphatic rings. The largest absolute Gasteiger partial charge is 0.353 e. The van der Waals surface area contributed by atoms with E-state index in [9.17, 15) is 8.42 Å². The van der Waals surface area contributed by atoms with E-state index < -0.39 is 10.0 Å². The fourth-order valence-electron chi connectivity index (χ4n) is 5.16. The molecular formula is C21H30N4O2S2. The number of hydrogen-bond donors (Lipinski definition) is 0. The third kappa shape index (κ3) is 3.79. The highest BCUT2D eigenvalue weighted by molar-refractivity contribution is 7.88. The molecule has 0 unspecified atom stereocenters. The molecule has 3 heterocycles. The lowest BCUT2D eigenvalue weighted by atomic mass is 9.88. The first-order chi connectivity index (χ1) is 14.0. The number of rotatable bonds is 3. The molecule has 1 saturated carbocycles. The molecule has 0 amide bonds. The zero-order valence-electron chi connectivity index (χ0n) is 17.2. The van der Waals surface area contributed by atoms with Crippen molar-refractivity contribution >= 4 is 37.4 Å². The van der Waals surface area contributed by atoms with Crippen LogP contribution in [0.1, 0.15) is 67.1 Å². The topological polar surface area (TPSA) is 66.4 Å². The third-order valence-electron chi connectivity index (χ3n) is 6.79. The number of fused-ring (bicyclic) bond motifs is 3. The highest BCUT2D eigenvalue weighted by Crippen LogP contribution is 2.42. The lowest BCUT2D eigenvalue weighted by Gasteiger charge is -2.35. The summed E-state index contributed by atoms with van der Waals surface area (Å²) in [6, 6.07) is 0. The predicted molar refractivity (Wildman–Crippen MR) is 119 cm³/mol. The smallest absolute Gasteiger partial charge is 0.211 e. The first-order valence-corrected chi connectivity index (χ1v) is 13.7. The number of nitrogens with zero attached hydrogens (tertiary/aromatic N) is 4. The van der Waals surface area contributed by atoms with Crippen LogP contribution in [0.25, 0.3) is 10.2 Å². The van der Waals surface area contributed by atoms with E-state index in [0.29, 0.717) is 32.1 Å². The Morgan fingerprint density at radius 1 is 0.931 bits per heavy atom. The van der Waals surface area contributed by atoms with Crippen molar-refractivity contribution in [1.29, 1.82) is 0 Å². The van der Waals surface area contributed by atoms with Crippen LogP contribution in [0.5, 0.6) is 0 Å². The van der Waals surface area contributed by atoms with E-state index in [0.717, 1.165) is 29.3 Å². The Labute approximate surface area is 177 Å². The Morgan fingerprint density at radius 2 is 1.66 bits per heavy atom. The lowest BCUT2D eigenvalue weighted by Crippen LogP contribution is -2.48. The van der Waals surface area contributed by atoms with Crippen molar-refractivity contribution in [3.05, 3.63) is 16.3 Å². The highest BCUT2D eigenvalue weighted by atomic mass is 32.2. The average Bonchev–Trinajstić information content (AvgIpc) is 3.12. The third-order valence-corrected chi connectivity index (χ3v) is 9.28. The fraction of sp³-hybridized carbons (Fsp3) is 0.714. The number of piperazine rings is 1. The minimum Gasteiger partial charge on any atom is -0.353 e. The van der Waals surface area contributed by atoms with Gasteiger partial charge in [0.1, 0.15) is 16.5 Å². The zero-order valence-corrected chi connectivity index (χ0v) is 18.8. The Hall–Kier alpha value is -1.25. The van der Waals surface area contributed by atoms with Gasteiger partial charge in [-0.05, 0) is 44.1 Å². The second-order valence-electron chi connectivity index (χ2n) is 8.78. The molecule has 0 N–H and O–H groups in total. The summed E-state index contributed by atoms with van der Waals surface area (Å²) >= 11 is 1.88. The van der Waals surface area contributed by atoms with Gasteiger partial charge in [0.25, 0.3) is 0 Å². The molecule has 2 fully saturated rings. The van der Waals surface area contributed by atoms with Crippen molar-refractivity contribution in [2.24, 2.45) is 0 Å². The quantitative estimate of drug-likeness (QED) is 0.737.